The van der Waals surface area contributed by atoms with Gasteiger partial charge in [-0.1, -0.05) is 25.4 Å². The van der Waals surface area contributed by atoms with Crippen LogP contribution in [0.15, 0.2) is 24.3 Å². The average Bonchev–Trinajstić information content (AvgIpc) is 2.91. The third kappa shape index (κ3) is 5.29. The van der Waals surface area contributed by atoms with Crippen LogP contribution in [-0.4, -0.2) is 29.9 Å². The number of aryl methyl sites for hydroxylation is 1. The first-order chi connectivity index (χ1) is 13.3. The quantitative estimate of drug-likeness (QED) is 0.660. The number of halogens is 1. The van der Waals surface area contributed by atoms with E-state index in [4.69, 9.17) is 21.1 Å². The minimum Gasteiger partial charge on any atom is -0.497 e. The van der Waals surface area contributed by atoms with E-state index in [9.17, 15) is 4.79 Å². The van der Waals surface area contributed by atoms with Crippen LogP contribution in [0.4, 0.5) is 0 Å². The van der Waals surface area contributed by atoms with Gasteiger partial charge in [0.2, 0.25) is 5.91 Å². The molecular weight excluding hydrogens is 378 g/mol. The molecule has 0 aliphatic heterocycles. The molecule has 0 fully saturated rings. The number of carbonyl (C=O) groups is 1. The lowest BCUT2D eigenvalue weighted by molar-refractivity contribution is -0.117. The number of nitrogens with zero attached hydrogens (tertiary/aromatic N) is 2. The summed E-state index contributed by atoms with van der Waals surface area (Å²) in [5.41, 5.74) is 2.38. The van der Waals surface area contributed by atoms with E-state index in [-0.39, 0.29) is 11.9 Å². The summed E-state index contributed by atoms with van der Waals surface area (Å²) in [7, 11) is 3.20. The first-order valence-electron chi connectivity index (χ1n) is 9.20. The normalized spacial score (nSPS) is 12.4. The number of carbonyl (C=O) groups excluding carboxylic acids is 1. The maximum Gasteiger partial charge on any atom is 0.244 e. The Kier molecular flexibility index (Phi) is 7.52. The molecule has 2 rings (SSSR count). The lowest BCUT2D eigenvalue weighted by atomic mass is 10.1. The van der Waals surface area contributed by atoms with Crippen molar-refractivity contribution in [2.75, 3.05) is 14.2 Å². The molecule has 0 saturated carbocycles. The molecule has 0 aliphatic rings. The SMILES string of the molecule is COc1ccc(OC)c([C@@H](C)NC(=O)/C=C/c2c(C)nn(CC(C)C)c2Cl)c1. The lowest BCUT2D eigenvalue weighted by Crippen LogP contribution is -2.25. The smallest absolute Gasteiger partial charge is 0.244 e. The largest absolute Gasteiger partial charge is 0.497 e. The predicted molar refractivity (Wildman–Crippen MR) is 112 cm³/mol. The molecule has 28 heavy (non-hydrogen) atoms. The highest BCUT2D eigenvalue weighted by molar-refractivity contribution is 6.31. The molecule has 6 nitrogen and oxygen atoms in total. The molecule has 0 radical (unpaired) electrons. The van der Waals surface area contributed by atoms with Crippen molar-refractivity contribution >= 4 is 23.6 Å². The van der Waals surface area contributed by atoms with E-state index in [2.05, 4.69) is 24.3 Å². The summed E-state index contributed by atoms with van der Waals surface area (Å²) in [5, 5.41) is 7.93. The van der Waals surface area contributed by atoms with Gasteiger partial charge in [-0.25, -0.2) is 0 Å². The Labute approximate surface area is 171 Å². The van der Waals surface area contributed by atoms with Crippen LogP contribution in [-0.2, 0) is 11.3 Å². The fourth-order valence-corrected chi connectivity index (χ4v) is 3.21. The Hall–Kier alpha value is -2.47. The van der Waals surface area contributed by atoms with Gasteiger partial charge in [0.15, 0.2) is 0 Å². The second-order valence-electron chi connectivity index (χ2n) is 7.04. The van der Waals surface area contributed by atoms with Gasteiger partial charge in [-0.2, -0.15) is 5.10 Å². The van der Waals surface area contributed by atoms with Crippen molar-refractivity contribution in [2.24, 2.45) is 5.92 Å². The van der Waals surface area contributed by atoms with E-state index in [0.717, 1.165) is 23.4 Å². The van der Waals surface area contributed by atoms with Gasteiger partial charge in [0.25, 0.3) is 0 Å². The van der Waals surface area contributed by atoms with Crippen molar-refractivity contribution in [1.82, 2.24) is 15.1 Å². The first kappa shape index (κ1) is 21.8. The number of hydrogen-bond acceptors (Lipinski definition) is 4. The Morgan fingerprint density at radius 1 is 1.29 bits per heavy atom. The minimum atomic E-state index is -0.262. The fourth-order valence-electron chi connectivity index (χ4n) is 2.90. The van der Waals surface area contributed by atoms with Crippen LogP contribution in [0.1, 0.15) is 43.6 Å². The van der Waals surface area contributed by atoms with E-state index in [0.29, 0.717) is 22.6 Å². The average molecular weight is 406 g/mol. The number of nitrogens with one attached hydrogen (secondary N) is 1. The van der Waals surface area contributed by atoms with Gasteiger partial charge in [0.05, 0.1) is 26.0 Å². The van der Waals surface area contributed by atoms with Crippen molar-refractivity contribution in [2.45, 2.75) is 40.3 Å². The zero-order chi connectivity index (χ0) is 20.8. The predicted octanol–water partition coefficient (Wildman–Crippen LogP) is 4.41. The molecule has 0 saturated heterocycles. The number of rotatable bonds is 8. The standard InChI is InChI=1S/C21H28ClN3O3/c1-13(2)12-25-21(22)17(15(4)24-25)8-10-20(26)23-14(3)18-11-16(27-5)7-9-19(18)28-6/h7-11,13-14H,12H2,1-6H3,(H,23,26)/b10-8+/t14-/m1/s1. The Bertz CT molecular complexity index is 859. The molecule has 1 N–H and O–H groups in total. The molecule has 0 bridgehead atoms. The number of methoxy groups -OCH3 is 2. The molecule has 1 atom stereocenters. The van der Waals surface area contributed by atoms with Crippen LogP contribution in [0.3, 0.4) is 0 Å². The lowest BCUT2D eigenvalue weighted by Gasteiger charge is -2.17. The number of aromatic nitrogens is 2. The maximum atomic E-state index is 12.4. The van der Waals surface area contributed by atoms with E-state index in [1.807, 2.05) is 32.0 Å². The number of ether oxygens (including phenoxy) is 2. The number of amides is 1. The van der Waals surface area contributed by atoms with Crippen molar-refractivity contribution in [3.8, 4) is 11.5 Å². The molecule has 0 spiro atoms. The Morgan fingerprint density at radius 3 is 2.61 bits per heavy atom. The van der Waals surface area contributed by atoms with Crippen LogP contribution in [0.2, 0.25) is 5.15 Å². The summed E-state index contributed by atoms with van der Waals surface area (Å²) in [6, 6.07) is 5.22. The van der Waals surface area contributed by atoms with Crippen LogP contribution in [0.5, 0.6) is 11.5 Å². The van der Waals surface area contributed by atoms with Gasteiger partial charge in [-0.3, -0.25) is 9.48 Å². The first-order valence-corrected chi connectivity index (χ1v) is 9.58. The molecule has 0 aliphatic carbocycles. The second kappa shape index (κ2) is 9.64. The third-order valence-corrected chi connectivity index (χ3v) is 4.71. The van der Waals surface area contributed by atoms with E-state index in [1.165, 1.54) is 6.08 Å². The molecule has 0 unspecified atom stereocenters. The maximum absolute atomic E-state index is 12.4. The van der Waals surface area contributed by atoms with Gasteiger partial charge in [0, 0.05) is 23.7 Å². The summed E-state index contributed by atoms with van der Waals surface area (Å²) in [4.78, 5) is 12.4. The summed E-state index contributed by atoms with van der Waals surface area (Å²) in [6.45, 7) is 8.70. The zero-order valence-corrected chi connectivity index (χ0v) is 18.0. The van der Waals surface area contributed by atoms with Crippen LogP contribution in [0.25, 0.3) is 6.08 Å². The van der Waals surface area contributed by atoms with Crippen LogP contribution in [0, 0.1) is 12.8 Å². The minimum absolute atomic E-state index is 0.232. The van der Waals surface area contributed by atoms with Gasteiger partial charge in [-0.15, -0.1) is 0 Å². The van der Waals surface area contributed by atoms with Gasteiger partial charge in [0.1, 0.15) is 16.7 Å². The Balaban J connectivity index is 2.13. The van der Waals surface area contributed by atoms with Gasteiger partial charge in [-0.05, 0) is 44.0 Å². The Morgan fingerprint density at radius 2 is 2.00 bits per heavy atom. The topological polar surface area (TPSA) is 65.4 Å². The summed E-state index contributed by atoms with van der Waals surface area (Å²) in [5.74, 6) is 1.58. The molecular formula is C21H28ClN3O3. The van der Waals surface area contributed by atoms with Crippen LogP contribution >= 0.6 is 11.6 Å². The molecule has 1 heterocycles. The monoisotopic (exact) mass is 405 g/mol. The van der Waals surface area contributed by atoms with Crippen molar-refractivity contribution in [1.29, 1.82) is 0 Å². The highest BCUT2D eigenvalue weighted by Crippen LogP contribution is 2.29. The van der Waals surface area contributed by atoms with E-state index in [1.54, 1.807) is 25.0 Å². The molecule has 1 aromatic heterocycles. The summed E-state index contributed by atoms with van der Waals surface area (Å²) in [6.07, 6.45) is 3.17. The number of benzene rings is 1. The summed E-state index contributed by atoms with van der Waals surface area (Å²) >= 11 is 6.42. The zero-order valence-electron chi connectivity index (χ0n) is 17.2. The second-order valence-corrected chi connectivity index (χ2v) is 7.40. The third-order valence-electron chi connectivity index (χ3n) is 4.31. The van der Waals surface area contributed by atoms with Crippen molar-refractivity contribution in [3.63, 3.8) is 0 Å². The number of hydrogen-bond donors (Lipinski definition) is 1. The molecule has 1 amide bonds. The summed E-state index contributed by atoms with van der Waals surface area (Å²) < 4.78 is 12.4. The highest BCUT2D eigenvalue weighted by Gasteiger charge is 2.15. The highest BCUT2D eigenvalue weighted by atomic mass is 35.5. The molecule has 1 aromatic carbocycles. The van der Waals surface area contributed by atoms with Crippen molar-refractivity contribution < 1.29 is 14.3 Å². The molecule has 7 heteroatoms. The molecule has 152 valence electrons. The van der Waals surface area contributed by atoms with Gasteiger partial charge >= 0.3 is 0 Å². The van der Waals surface area contributed by atoms with E-state index < -0.39 is 0 Å². The van der Waals surface area contributed by atoms with Crippen molar-refractivity contribution in [3.05, 3.63) is 46.2 Å². The molecule has 2 aromatic rings. The van der Waals surface area contributed by atoms with Gasteiger partial charge < -0.3 is 14.8 Å². The fraction of sp³-hybridized carbons (Fsp3) is 0.429. The van der Waals surface area contributed by atoms with Crippen LogP contribution < -0.4 is 14.8 Å². The van der Waals surface area contributed by atoms with E-state index >= 15 is 0 Å².